The third-order valence-electron chi connectivity index (χ3n) is 5.84. The predicted molar refractivity (Wildman–Crippen MR) is 108 cm³/mol. The third-order valence-corrected chi connectivity index (χ3v) is 5.84. The molecule has 2 aliphatic rings. The number of aromatic nitrogens is 4. The Labute approximate surface area is 160 Å². The fraction of sp³-hybridized carbons (Fsp3) is 0.600. The number of anilines is 1. The highest BCUT2D eigenvalue weighted by molar-refractivity contribution is 5.69. The van der Waals surface area contributed by atoms with Crippen LogP contribution in [-0.2, 0) is 0 Å². The zero-order chi connectivity index (χ0) is 19.0. The molecule has 2 unspecified atom stereocenters. The second-order valence-electron chi connectivity index (χ2n) is 8.04. The molecule has 3 heterocycles. The summed E-state index contributed by atoms with van der Waals surface area (Å²) in [6.07, 6.45) is 6.61. The molecule has 2 aromatic rings. The number of aliphatic imine (C=N–C) groups is 1. The largest absolute Gasteiger partial charge is 0.364 e. The predicted octanol–water partition coefficient (Wildman–Crippen LogP) is 2.70. The van der Waals surface area contributed by atoms with Gasteiger partial charge in [0.15, 0.2) is 5.82 Å². The smallest absolute Gasteiger partial charge is 0.179 e. The Kier molecular flexibility index (Phi) is 4.72. The summed E-state index contributed by atoms with van der Waals surface area (Å²) in [5.41, 5.74) is 2.04. The molecular formula is C20H29N7. The summed E-state index contributed by atoms with van der Waals surface area (Å²) in [5.74, 6) is 1.53. The molecule has 1 N–H and O–H groups in total. The normalized spacial score (nSPS) is 23.5. The van der Waals surface area contributed by atoms with E-state index in [1.165, 1.54) is 18.5 Å². The van der Waals surface area contributed by atoms with E-state index in [0.29, 0.717) is 12.1 Å². The molecule has 1 aliphatic heterocycles. The van der Waals surface area contributed by atoms with Crippen LogP contribution >= 0.6 is 0 Å². The first-order valence-corrected chi connectivity index (χ1v) is 9.89. The number of hydrogen-bond donors (Lipinski definition) is 1. The summed E-state index contributed by atoms with van der Waals surface area (Å²) in [7, 11) is 0. The number of nitrogens with one attached hydrogen (secondary N) is 1. The average molecular weight is 368 g/mol. The van der Waals surface area contributed by atoms with Crippen LogP contribution in [0.15, 0.2) is 23.3 Å². The number of nitrogens with zero attached hydrogens (tertiary/aromatic N) is 6. The van der Waals surface area contributed by atoms with Gasteiger partial charge in [-0.05, 0) is 52.7 Å². The van der Waals surface area contributed by atoms with Crippen LogP contribution in [0.25, 0.3) is 11.5 Å². The van der Waals surface area contributed by atoms with Crippen molar-refractivity contribution in [3.05, 3.63) is 24.2 Å². The Morgan fingerprint density at radius 1 is 1.22 bits per heavy atom. The first kappa shape index (κ1) is 18.1. The zero-order valence-corrected chi connectivity index (χ0v) is 16.7. The van der Waals surface area contributed by atoms with Crippen LogP contribution in [0.4, 0.5) is 5.69 Å². The number of rotatable bonds is 5. The molecule has 2 atom stereocenters. The average Bonchev–Trinajstić information content (AvgIpc) is 3.07. The molecule has 1 aliphatic carbocycles. The first-order valence-electron chi connectivity index (χ1n) is 9.89. The molecule has 2 aromatic heterocycles. The van der Waals surface area contributed by atoms with Gasteiger partial charge in [0.1, 0.15) is 11.5 Å². The van der Waals surface area contributed by atoms with Crippen LogP contribution in [0.1, 0.15) is 39.4 Å². The third kappa shape index (κ3) is 3.36. The quantitative estimate of drug-likeness (QED) is 0.823. The van der Waals surface area contributed by atoms with E-state index in [0.717, 1.165) is 37.0 Å². The minimum Gasteiger partial charge on any atom is -0.364 e. The van der Waals surface area contributed by atoms with Crippen molar-refractivity contribution < 1.29 is 0 Å². The summed E-state index contributed by atoms with van der Waals surface area (Å²) in [5, 5.41) is 8.14. The topological polar surface area (TPSA) is 73.3 Å². The summed E-state index contributed by atoms with van der Waals surface area (Å²) in [6, 6.07) is 5.35. The van der Waals surface area contributed by atoms with Gasteiger partial charge in [-0.3, -0.25) is 14.9 Å². The molecule has 4 rings (SSSR count). The first-order chi connectivity index (χ1) is 13.0. The van der Waals surface area contributed by atoms with E-state index in [4.69, 9.17) is 0 Å². The minimum atomic E-state index is 0.0116. The highest BCUT2D eigenvalue weighted by Gasteiger charge is 2.47. The highest BCUT2D eigenvalue weighted by Crippen LogP contribution is 2.39. The Bertz CT molecular complexity index is 808. The maximum Gasteiger partial charge on any atom is 0.179 e. The maximum atomic E-state index is 4.62. The van der Waals surface area contributed by atoms with Gasteiger partial charge in [-0.1, -0.05) is 0 Å². The zero-order valence-electron chi connectivity index (χ0n) is 16.7. The van der Waals surface area contributed by atoms with E-state index in [-0.39, 0.29) is 5.54 Å². The summed E-state index contributed by atoms with van der Waals surface area (Å²) >= 11 is 0. The van der Waals surface area contributed by atoms with Crippen molar-refractivity contribution in [2.75, 3.05) is 24.5 Å². The summed E-state index contributed by atoms with van der Waals surface area (Å²) < 4.78 is 0. The van der Waals surface area contributed by atoms with Crippen molar-refractivity contribution in [1.82, 2.24) is 25.1 Å². The lowest BCUT2D eigenvalue weighted by molar-refractivity contribution is 0.0260. The van der Waals surface area contributed by atoms with Crippen LogP contribution < -0.4 is 4.90 Å². The fourth-order valence-electron chi connectivity index (χ4n) is 4.32. The SMILES string of the molecule is CC/N=C\C(C)(C)N1CCN(c2ccc(-c3nnc(C)[nH]3)nc2)C2CCC21. The lowest BCUT2D eigenvalue weighted by Gasteiger charge is -2.58. The van der Waals surface area contributed by atoms with Crippen molar-refractivity contribution in [2.45, 2.75) is 58.2 Å². The van der Waals surface area contributed by atoms with Crippen LogP contribution in [0.5, 0.6) is 0 Å². The Morgan fingerprint density at radius 3 is 2.63 bits per heavy atom. The van der Waals surface area contributed by atoms with Gasteiger partial charge in [0.25, 0.3) is 0 Å². The van der Waals surface area contributed by atoms with Crippen LogP contribution in [0, 0.1) is 6.92 Å². The fourth-order valence-corrected chi connectivity index (χ4v) is 4.32. The minimum absolute atomic E-state index is 0.0116. The molecule has 0 amide bonds. The molecule has 7 nitrogen and oxygen atoms in total. The van der Waals surface area contributed by atoms with Crippen molar-refractivity contribution in [1.29, 1.82) is 0 Å². The molecule has 0 spiro atoms. The van der Waals surface area contributed by atoms with Gasteiger partial charge in [-0.2, -0.15) is 0 Å². The standard InChI is InChI=1S/C20H29N7/c1-5-21-13-20(3,4)27-11-10-26(17-8-9-18(17)27)15-6-7-16(22-12-15)19-23-14(2)24-25-19/h6-7,12-13,17-18H,5,8-11H2,1-4H3,(H,23,24,25)/b21-13-. The summed E-state index contributed by atoms with van der Waals surface area (Å²) in [4.78, 5) is 17.4. The van der Waals surface area contributed by atoms with E-state index in [1.807, 2.05) is 19.2 Å². The molecule has 144 valence electrons. The number of pyridine rings is 1. The molecule has 7 heteroatoms. The van der Waals surface area contributed by atoms with Gasteiger partial charge in [0.2, 0.25) is 0 Å². The van der Waals surface area contributed by atoms with E-state index in [1.54, 1.807) is 0 Å². The van der Waals surface area contributed by atoms with Gasteiger partial charge < -0.3 is 9.88 Å². The lowest BCUT2D eigenvalue weighted by Crippen LogP contribution is -2.69. The van der Waals surface area contributed by atoms with E-state index < -0.39 is 0 Å². The lowest BCUT2D eigenvalue weighted by atomic mass is 9.79. The number of fused-ring (bicyclic) bond motifs is 1. The molecule has 1 saturated heterocycles. The van der Waals surface area contributed by atoms with E-state index >= 15 is 0 Å². The van der Waals surface area contributed by atoms with Gasteiger partial charge >= 0.3 is 0 Å². The second-order valence-corrected chi connectivity index (χ2v) is 8.04. The van der Waals surface area contributed by atoms with E-state index in [9.17, 15) is 0 Å². The van der Waals surface area contributed by atoms with Crippen molar-refractivity contribution in [3.63, 3.8) is 0 Å². The number of aryl methyl sites for hydroxylation is 1. The monoisotopic (exact) mass is 367 g/mol. The van der Waals surface area contributed by atoms with Crippen molar-refractivity contribution in [3.8, 4) is 11.5 Å². The number of aromatic amines is 1. The molecule has 0 aromatic carbocycles. The molecule has 2 fully saturated rings. The Morgan fingerprint density at radius 2 is 2.04 bits per heavy atom. The number of H-pyrrole nitrogens is 1. The van der Waals surface area contributed by atoms with Crippen LogP contribution in [0.3, 0.4) is 0 Å². The van der Waals surface area contributed by atoms with Crippen LogP contribution in [-0.4, -0.2) is 68.5 Å². The highest BCUT2D eigenvalue weighted by atomic mass is 15.4. The Balaban J connectivity index is 1.49. The molecule has 0 radical (unpaired) electrons. The van der Waals surface area contributed by atoms with Crippen LogP contribution in [0.2, 0.25) is 0 Å². The second kappa shape index (κ2) is 7.03. The van der Waals surface area contributed by atoms with Crippen molar-refractivity contribution >= 4 is 11.9 Å². The molecule has 1 saturated carbocycles. The van der Waals surface area contributed by atoms with Gasteiger partial charge in [-0.15, -0.1) is 10.2 Å². The Hall–Kier alpha value is -2.28. The van der Waals surface area contributed by atoms with E-state index in [2.05, 4.69) is 68.0 Å². The summed E-state index contributed by atoms with van der Waals surface area (Å²) in [6.45, 7) is 11.5. The molecular weight excluding hydrogens is 338 g/mol. The number of hydrogen-bond acceptors (Lipinski definition) is 6. The maximum absolute atomic E-state index is 4.62. The van der Waals surface area contributed by atoms with Gasteiger partial charge in [0, 0.05) is 37.9 Å². The molecule has 27 heavy (non-hydrogen) atoms. The molecule has 0 bridgehead atoms. The van der Waals surface area contributed by atoms with Gasteiger partial charge in [-0.25, -0.2) is 0 Å². The van der Waals surface area contributed by atoms with Crippen molar-refractivity contribution in [2.24, 2.45) is 4.99 Å². The number of piperazine rings is 1. The van der Waals surface area contributed by atoms with Gasteiger partial charge in [0.05, 0.1) is 17.4 Å².